The molecule has 2 amide bonds. The second-order valence-corrected chi connectivity index (χ2v) is 8.53. The Morgan fingerprint density at radius 3 is 2.30 bits per heavy atom. The lowest BCUT2D eigenvalue weighted by molar-refractivity contribution is -0.146. The van der Waals surface area contributed by atoms with Crippen LogP contribution in [-0.2, 0) is 21.6 Å². The summed E-state index contributed by atoms with van der Waals surface area (Å²) in [5.74, 6) is 0.135. The van der Waals surface area contributed by atoms with E-state index in [1.165, 1.54) is 5.56 Å². The zero-order chi connectivity index (χ0) is 21.0. The fraction of sp³-hybridized carbons (Fsp3) is 0.440. The third-order valence-electron chi connectivity index (χ3n) is 6.58. The van der Waals surface area contributed by atoms with Crippen molar-refractivity contribution in [2.45, 2.75) is 37.7 Å². The summed E-state index contributed by atoms with van der Waals surface area (Å²) in [7, 11) is 0. The van der Waals surface area contributed by atoms with Gasteiger partial charge in [0.1, 0.15) is 0 Å². The summed E-state index contributed by atoms with van der Waals surface area (Å²) in [6.45, 7) is 2.27. The molecule has 2 aliphatic rings. The van der Waals surface area contributed by atoms with E-state index in [4.69, 9.17) is 0 Å². The molecule has 2 heterocycles. The maximum Gasteiger partial charge on any atom is 0.227 e. The van der Waals surface area contributed by atoms with E-state index in [1.807, 2.05) is 58.3 Å². The van der Waals surface area contributed by atoms with E-state index in [0.717, 1.165) is 12.0 Å². The number of benzene rings is 2. The molecule has 30 heavy (non-hydrogen) atoms. The predicted octanol–water partition coefficient (Wildman–Crippen LogP) is 2.98. The average Bonchev–Trinajstić information content (AvgIpc) is 2.80. The van der Waals surface area contributed by atoms with Gasteiger partial charge in [0.05, 0.1) is 11.5 Å². The van der Waals surface area contributed by atoms with Crippen LogP contribution in [0.3, 0.4) is 0 Å². The van der Waals surface area contributed by atoms with Gasteiger partial charge in [-0.05, 0) is 36.8 Å². The fourth-order valence-electron chi connectivity index (χ4n) is 4.63. The number of likely N-dealkylation sites (tertiary alicyclic amines) is 2. The first-order valence-corrected chi connectivity index (χ1v) is 10.9. The van der Waals surface area contributed by atoms with E-state index in [9.17, 15) is 14.7 Å². The van der Waals surface area contributed by atoms with Gasteiger partial charge in [-0.3, -0.25) is 9.59 Å². The van der Waals surface area contributed by atoms with Crippen LogP contribution in [0.15, 0.2) is 60.7 Å². The molecule has 0 unspecified atom stereocenters. The molecule has 0 spiro atoms. The Kier molecular flexibility index (Phi) is 6.18. The molecular weight excluding hydrogens is 376 g/mol. The zero-order valence-corrected chi connectivity index (χ0v) is 17.4. The molecule has 1 N–H and O–H groups in total. The third-order valence-corrected chi connectivity index (χ3v) is 6.58. The largest absolute Gasteiger partial charge is 0.385 e. The molecule has 0 radical (unpaired) electrons. The molecule has 2 aromatic carbocycles. The van der Waals surface area contributed by atoms with Gasteiger partial charge in [0, 0.05) is 32.6 Å². The Morgan fingerprint density at radius 2 is 1.63 bits per heavy atom. The van der Waals surface area contributed by atoms with Crippen LogP contribution in [-0.4, -0.2) is 52.9 Å². The number of carbonyl (C=O) groups excluding carboxylic acids is 2. The summed E-state index contributed by atoms with van der Waals surface area (Å²) in [6, 6.07) is 19.9. The SMILES string of the molecule is O=C1CC[C@@H](C(=O)N2CCC(O)(c3ccccc3)CC2)CN1CCc1ccccc1. The number of hydrogen-bond acceptors (Lipinski definition) is 3. The van der Waals surface area contributed by atoms with Crippen molar-refractivity contribution >= 4 is 11.8 Å². The summed E-state index contributed by atoms with van der Waals surface area (Å²) >= 11 is 0. The second kappa shape index (κ2) is 9.00. The van der Waals surface area contributed by atoms with Crippen molar-refractivity contribution in [3.05, 3.63) is 71.8 Å². The van der Waals surface area contributed by atoms with Crippen molar-refractivity contribution in [3.8, 4) is 0 Å². The lowest BCUT2D eigenvalue weighted by Crippen LogP contribution is -2.51. The molecule has 0 saturated carbocycles. The van der Waals surface area contributed by atoms with Crippen LogP contribution in [0.4, 0.5) is 0 Å². The van der Waals surface area contributed by atoms with Crippen molar-refractivity contribution in [1.29, 1.82) is 0 Å². The van der Waals surface area contributed by atoms with E-state index in [0.29, 0.717) is 51.9 Å². The second-order valence-electron chi connectivity index (χ2n) is 8.53. The minimum absolute atomic E-state index is 0.127. The van der Waals surface area contributed by atoms with Crippen LogP contribution in [0.2, 0.25) is 0 Å². The zero-order valence-electron chi connectivity index (χ0n) is 17.4. The molecule has 2 aromatic rings. The number of hydrogen-bond donors (Lipinski definition) is 1. The minimum atomic E-state index is -0.859. The van der Waals surface area contributed by atoms with Crippen molar-refractivity contribution in [2.24, 2.45) is 5.92 Å². The number of piperidine rings is 2. The molecular formula is C25H30N2O3. The van der Waals surface area contributed by atoms with Gasteiger partial charge >= 0.3 is 0 Å². The van der Waals surface area contributed by atoms with E-state index < -0.39 is 5.60 Å². The van der Waals surface area contributed by atoms with Gasteiger partial charge in [-0.1, -0.05) is 60.7 Å². The Labute approximate surface area is 178 Å². The highest BCUT2D eigenvalue weighted by Crippen LogP contribution is 2.33. The number of carbonyl (C=O) groups is 2. The highest BCUT2D eigenvalue weighted by molar-refractivity contribution is 5.84. The van der Waals surface area contributed by atoms with E-state index in [-0.39, 0.29) is 17.7 Å². The van der Waals surface area contributed by atoms with Crippen molar-refractivity contribution in [3.63, 3.8) is 0 Å². The summed E-state index contributed by atoms with van der Waals surface area (Å²) in [5, 5.41) is 11.0. The predicted molar refractivity (Wildman–Crippen MR) is 116 cm³/mol. The van der Waals surface area contributed by atoms with Crippen LogP contribution >= 0.6 is 0 Å². The summed E-state index contributed by atoms with van der Waals surface area (Å²) in [4.78, 5) is 29.2. The van der Waals surface area contributed by atoms with E-state index in [1.54, 1.807) is 0 Å². The molecule has 1 atom stereocenters. The number of nitrogens with zero attached hydrogens (tertiary/aromatic N) is 2. The first-order valence-electron chi connectivity index (χ1n) is 10.9. The van der Waals surface area contributed by atoms with Crippen molar-refractivity contribution < 1.29 is 14.7 Å². The molecule has 2 aliphatic heterocycles. The molecule has 2 saturated heterocycles. The molecule has 4 rings (SSSR count). The van der Waals surface area contributed by atoms with Gasteiger partial charge in [-0.15, -0.1) is 0 Å². The van der Waals surface area contributed by atoms with Crippen LogP contribution in [0.1, 0.15) is 36.8 Å². The minimum Gasteiger partial charge on any atom is -0.385 e. The molecule has 0 bridgehead atoms. The molecule has 2 fully saturated rings. The summed E-state index contributed by atoms with van der Waals surface area (Å²) in [5.41, 5.74) is 1.27. The summed E-state index contributed by atoms with van der Waals surface area (Å²) < 4.78 is 0. The smallest absolute Gasteiger partial charge is 0.227 e. The highest BCUT2D eigenvalue weighted by atomic mass is 16.3. The first-order chi connectivity index (χ1) is 14.5. The Bertz CT molecular complexity index is 860. The molecule has 5 nitrogen and oxygen atoms in total. The standard InChI is InChI=1S/C25H30N2O3/c28-23-12-11-21(19-27(23)16-13-20-7-3-1-4-8-20)24(29)26-17-14-25(30,15-18-26)22-9-5-2-6-10-22/h1-10,21,30H,11-19H2/t21-/m1/s1. The average molecular weight is 407 g/mol. The van der Waals surface area contributed by atoms with Gasteiger partial charge in [0.2, 0.25) is 11.8 Å². The quantitative estimate of drug-likeness (QED) is 0.830. The normalized spacial score (nSPS) is 21.5. The van der Waals surface area contributed by atoms with Gasteiger partial charge in [0.25, 0.3) is 0 Å². The number of amides is 2. The van der Waals surface area contributed by atoms with E-state index >= 15 is 0 Å². The Morgan fingerprint density at radius 1 is 1.00 bits per heavy atom. The summed E-state index contributed by atoms with van der Waals surface area (Å²) in [6.07, 6.45) is 2.96. The highest BCUT2D eigenvalue weighted by Gasteiger charge is 2.38. The molecule has 5 heteroatoms. The van der Waals surface area contributed by atoms with Crippen molar-refractivity contribution in [2.75, 3.05) is 26.2 Å². The van der Waals surface area contributed by atoms with Crippen molar-refractivity contribution in [1.82, 2.24) is 9.80 Å². The lowest BCUT2D eigenvalue weighted by atomic mass is 9.84. The molecule has 158 valence electrons. The topological polar surface area (TPSA) is 60.9 Å². The molecule has 0 aromatic heterocycles. The number of rotatable bonds is 5. The van der Waals surface area contributed by atoms with Crippen LogP contribution in [0.25, 0.3) is 0 Å². The van der Waals surface area contributed by atoms with Crippen LogP contribution < -0.4 is 0 Å². The van der Waals surface area contributed by atoms with Gasteiger partial charge in [0.15, 0.2) is 0 Å². The first kappa shape index (κ1) is 20.6. The third kappa shape index (κ3) is 4.57. The maximum atomic E-state index is 13.1. The van der Waals surface area contributed by atoms with Gasteiger partial charge in [-0.2, -0.15) is 0 Å². The number of aliphatic hydroxyl groups is 1. The van der Waals surface area contributed by atoms with Crippen LogP contribution in [0, 0.1) is 5.92 Å². The Hall–Kier alpha value is -2.66. The maximum absolute atomic E-state index is 13.1. The monoisotopic (exact) mass is 406 g/mol. The lowest BCUT2D eigenvalue weighted by Gasteiger charge is -2.41. The van der Waals surface area contributed by atoms with Gasteiger partial charge in [-0.25, -0.2) is 0 Å². The fourth-order valence-corrected chi connectivity index (χ4v) is 4.63. The Balaban J connectivity index is 1.33. The molecule has 0 aliphatic carbocycles. The van der Waals surface area contributed by atoms with Crippen LogP contribution in [0.5, 0.6) is 0 Å². The van der Waals surface area contributed by atoms with Gasteiger partial charge < -0.3 is 14.9 Å². The van der Waals surface area contributed by atoms with E-state index in [2.05, 4.69) is 12.1 Å².